The highest BCUT2D eigenvalue weighted by Crippen LogP contribution is 2.24. The van der Waals surface area contributed by atoms with Gasteiger partial charge >= 0.3 is 0 Å². The molecule has 0 spiro atoms. The fraction of sp³-hybridized carbons (Fsp3) is 0.588. The predicted molar refractivity (Wildman–Crippen MR) is 88.4 cm³/mol. The first-order chi connectivity index (χ1) is 10.4. The number of nitrogens with one attached hydrogen (secondary N) is 2. The van der Waals surface area contributed by atoms with Gasteiger partial charge in [0.15, 0.2) is 6.61 Å². The van der Waals surface area contributed by atoms with Crippen molar-refractivity contribution in [3.8, 4) is 5.75 Å². The van der Waals surface area contributed by atoms with E-state index in [1.165, 1.54) is 5.56 Å². The molecule has 124 valence electrons. The summed E-state index contributed by atoms with van der Waals surface area (Å²) in [7, 11) is 1.66. The van der Waals surface area contributed by atoms with Crippen LogP contribution in [-0.2, 0) is 14.9 Å². The number of methoxy groups -OCH3 is 1. The van der Waals surface area contributed by atoms with E-state index in [2.05, 4.69) is 31.4 Å². The van der Waals surface area contributed by atoms with Gasteiger partial charge in [0.1, 0.15) is 5.75 Å². The van der Waals surface area contributed by atoms with Crippen LogP contribution in [0.4, 0.5) is 0 Å². The van der Waals surface area contributed by atoms with Gasteiger partial charge in [-0.05, 0) is 23.1 Å². The summed E-state index contributed by atoms with van der Waals surface area (Å²) < 4.78 is 10.4. The zero-order chi connectivity index (χ0) is 16.4. The largest absolute Gasteiger partial charge is 0.484 e. The molecule has 0 aromatic heterocycles. The Balaban J connectivity index is 2.21. The summed E-state index contributed by atoms with van der Waals surface area (Å²) in [5.74, 6) is 0.592. The van der Waals surface area contributed by atoms with E-state index in [4.69, 9.17) is 9.47 Å². The Bertz CT molecular complexity index is 438. The van der Waals surface area contributed by atoms with E-state index in [9.17, 15) is 4.79 Å². The molecule has 0 saturated heterocycles. The minimum absolute atomic E-state index is 0.0347. The summed E-state index contributed by atoms with van der Waals surface area (Å²) in [5, 5.41) is 5.95. The van der Waals surface area contributed by atoms with Gasteiger partial charge in [-0.2, -0.15) is 0 Å². The van der Waals surface area contributed by atoms with Gasteiger partial charge in [-0.15, -0.1) is 0 Å². The number of ether oxygens (including phenoxy) is 2. The molecule has 22 heavy (non-hydrogen) atoms. The lowest BCUT2D eigenvalue weighted by molar-refractivity contribution is -0.123. The number of rotatable bonds is 9. The Morgan fingerprint density at radius 3 is 2.36 bits per heavy atom. The van der Waals surface area contributed by atoms with E-state index in [0.29, 0.717) is 18.9 Å². The molecular weight excluding hydrogens is 280 g/mol. The van der Waals surface area contributed by atoms with Gasteiger partial charge in [0.05, 0.1) is 6.61 Å². The normalized spacial score (nSPS) is 11.3. The van der Waals surface area contributed by atoms with Gasteiger partial charge in [-0.1, -0.05) is 32.9 Å². The fourth-order valence-corrected chi connectivity index (χ4v) is 1.84. The van der Waals surface area contributed by atoms with Crippen LogP contribution in [0.15, 0.2) is 24.3 Å². The molecule has 1 amide bonds. The van der Waals surface area contributed by atoms with Crippen molar-refractivity contribution in [3.63, 3.8) is 0 Å². The molecule has 0 aliphatic rings. The molecule has 0 heterocycles. The van der Waals surface area contributed by atoms with Gasteiger partial charge in [-0.25, -0.2) is 0 Å². The van der Waals surface area contributed by atoms with Crippen molar-refractivity contribution in [3.05, 3.63) is 29.8 Å². The number of hydrogen-bond donors (Lipinski definition) is 2. The molecule has 0 unspecified atom stereocenters. The second-order valence-electron chi connectivity index (χ2n) is 6.16. The topological polar surface area (TPSA) is 59.6 Å². The number of carbonyl (C=O) groups excluding carboxylic acids is 1. The standard InChI is InChI=1S/C17H28N2O3/c1-17(2,3)14-5-7-15(8-6-14)22-13-16(20)19-10-9-18-11-12-21-4/h5-8,18H,9-13H2,1-4H3,(H,19,20). The highest BCUT2D eigenvalue weighted by atomic mass is 16.5. The van der Waals surface area contributed by atoms with E-state index >= 15 is 0 Å². The molecule has 0 saturated carbocycles. The number of carbonyl (C=O) groups is 1. The third kappa shape index (κ3) is 7.43. The van der Waals surface area contributed by atoms with E-state index < -0.39 is 0 Å². The summed E-state index contributed by atoms with van der Waals surface area (Å²) >= 11 is 0. The Morgan fingerprint density at radius 1 is 1.09 bits per heavy atom. The fourth-order valence-electron chi connectivity index (χ4n) is 1.84. The van der Waals surface area contributed by atoms with Crippen LogP contribution in [0, 0.1) is 0 Å². The lowest BCUT2D eigenvalue weighted by Crippen LogP contribution is -2.35. The maximum Gasteiger partial charge on any atom is 0.257 e. The lowest BCUT2D eigenvalue weighted by atomic mass is 9.87. The molecule has 0 aliphatic heterocycles. The molecular formula is C17H28N2O3. The lowest BCUT2D eigenvalue weighted by Gasteiger charge is -2.19. The third-order valence-electron chi connectivity index (χ3n) is 3.20. The van der Waals surface area contributed by atoms with Crippen molar-refractivity contribution in [2.24, 2.45) is 0 Å². The van der Waals surface area contributed by atoms with Crippen molar-refractivity contribution in [1.29, 1.82) is 0 Å². The first kappa shape index (κ1) is 18.5. The van der Waals surface area contributed by atoms with Gasteiger partial charge in [0.2, 0.25) is 0 Å². The van der Waals surface area contributed by atoms with E-state index in [1.54, 1.807) is 7.11 Å². The van der Waals surface area contributed by atoms with Crippen LogP contribution in [-0.4, -0.2) is 45.9 Å². The van der Waals surface area contributed by atoms with Crippen LogP contribution in [0.3, 0.4) is 0 Å². The van der Waals surface area contributed by atoms with Crippen molar-refractivity contribution >= 4 is 5.91 Å². The van der Waals surface area contributed by atoms with Crippen LogP contribution in [0.5, 0.6) is 5.75 Å². The van der Waals surface area contributed by atoms with Crippen LogP contribution < -0.4 is 15.4 Å². The first-order valence-electron chi connectivity index (χ1n) is 7.63. The van der Waals surface area contributed by atoms with E-state index in [1.807, 2.05) is 24.3 Å². The van der Waals surface area contributed by atoms with Crippen LogP contribution >= 0.6 is 0 Å². The average molecular weight is 308 g/mol. The monoisotopic (exact) mass is 308 g/mol. The second-order valence-corrected chi connectivity index (χ2v) is 6.16. The molecule has 0 atom stereocenters. The van der Waals surface area contributed by atoms with Crippen molar-refractivity contribution < 1.29 is 14.3 Å². The average Bonchev–Trinajstić information content (AvgIpc) is 2.48. The molecule has 2 N–H and O–H groups in total. The van der Waals surface area contributed by atoms with Crippen LogP contribution in [0.1, 0.15) is 26.3 Å². The summed E-state index contributed by atoms with van der Waals surface area (Å²) in [6.07, 6.45) is 0. The molecule has 0 radical (unpaired) electrons. The number of amides is 1. The smallest absolute Gasteiger partial charge is 0.257 e. The zero-order valence-electron chi connectivity index (χ0n) is 14.1. The van der Waals surface area contributed by atoms with Gasteiger partial charge in [0, 0.05) is 26.7 Å². The van der Waals surface area contributed by atoms with Crippen molar-refractivity contribution in [2.45, 2.75) is 26.2 Å². The van der Waals surface area contributed by atoms with Gasteiger partial charge in [0.25, 0.3) is 5.91 Å². The highest BCUT2D eigenvalue weighted by molar-refractivity contribution is 5.77. The van der Waals surface area contributed by atoms with E-state index in [0.717, 1.165) is 13.1 Å². The maximum absolute atomic E-state index is 11.6. The Hall–Kier alpha value is -1.59. The molecule has 1 aromatic carbocycles. The number of benzene rings is 1. The first-order valence-corrected chi connectivity index (χ1v) is 7.63. The van der Waals surface area contributed by atoms with Crippen molar-refractivity contribution in [2.75, 3.05) is 40.0 Å². The highest BCUT2D eigenvalue weighted by Gasteiger charge is 2.13. The summed E-state index contributed by atoms with van der Waals surface area (Å²) in [5.41, 5.74) is 1.36. The summed E-state index contributed by atoms with van der Waals surface area (Å²) in [4.78, 5) is 11.6. The minimum Gasteiger partial charge on any atom is -0.484 e. The molecule has 0 aliphatic carbocycles. The molecule has 1 aromatic rings. The molecule has 5 heteroatoms. The van der Waals surface area contributed by atoms with Crippen molar-refractivity contribution in [1.82, 2.24) is 10.6 Å². The maximum atomic E-state index is 11.6. The Morgan fingerprint density at radius 2 is 1.77 bits per heavy atom. The van der Waals surface area contributed by atoms with E-state index in [-0.39, 0.29) is 17.9 Å². The molecule has 1 rings (SSSR count). The zero-order valence-corrected chi connectivity index (χ0v) is 14.1. The molecule has 0 bridgehead atoms. The summed E-state index contributed by atoms with van der Waals surface area (Å²) in [6.45, 7) is 9.27. The Labute approximate surface area is 133 Å². The third-order valence-corrected chi connectivity index (χ3v) is 3.20. The molecule has 0 fully saturated rings. The predicted octanol–water partition coefficient (Wildman–Crippen LogP) is 1.72. The van der Waals surface area contributed by atoms with Crippen LogP contribution in [0.25, 0.3) is 0 Å². The Kier molecular flexibility index (Phi) is 7.91. The quantitative estimate of drug-likeness (QED) is 0.682. The number of hydrogen-bond acceptors (Lipinski definition) is 4. The van der Waals surface area contributed by atoms with Crippen LogP contribution in [0.2, 0.25) is 0 Å². The summed E-state index contributed by atoms with van der Waals surface area (Å²) in [6, 6.07) is 7.88. The SMILES string of the molecule is COCCNCCNC(=O)COc1ccc(C(C)(C)C)cc1. The van der Waals surface area contributed by atoms with Gasteiger partial charge in [-0.3, -0.25) is 4.79 Å². The van der Waals surface area contributed by atoms with Gasteiger partial charge < -0.3 is 20.1 Å². The molecule has 5 nitrogen and oxygen atoms in total. The minimum atomic E-state index is -0.117. The second kappa shape index (κ2) is 9.43.